The Balaban J connectivity index is 1.48. The zero-order valence-corrected chi connectivity index (χ0v) is 16.5. The van der Waals surface area contributed by atoms with Crippen molar-refractivity contribution in [2.45, 2.75) is 45.1 Å². The van der Waals surface area contributed by atoms with Crippen molar-refractivity contribution < 1.29 is 19.1 Å². The van der Waals surface area contributed by atoms with Crippen molar-refractivity contribution in [1.82, 2.24) is 0 Å². The number of fused-ring (bicyclic) bond motifs is 2. The fraction of sp³-hybridized carbons (Fsp3) is 0.381. The molecule has 146 valence electrons. The van der Waals surface area contributed by atoms with Gasteiger partial charge in [-0.1, -0.05) is 18.6 Å². The average Bonchev–Trinajstić information content (AvgIpc) is 2.97. The molecule has 28 heavy (non-hydrogen) atoms. The zero-order valence-electron chi connectivity index (χ0n) is 15.7. The van der Waals surface area contributed by atoms with E-state index in [1.807, 2.05) is 6.07 Å². The summed E-state index contributed by atoms with van der Waals surface area (Å²) >= 11 is 1.47. The summed E-state index contributed by atoms with van der Waals surface area (Å²) in [7, 11) is 0. The van der Waals surface area contributed by atoms with Crippen molar-refractivity contribution >= 4 is 40.5 Å². The third-order valence-corrected chi connectivity index (χ3v) is 6.33. The summed E-state index contributed by atoms with van der Waals surface area (Å²) in [6.45, 7) is 1.46. The van der Waals surface area contributed by atoms with Crippen molar-refractivity contribution in [1.29, 1.82) is 0 Å². The molecular weight excluding hydrogens is 376 g/mol. The van der Waals surface area contributed by atoms with Gasteiger partial charge in [0.15, 0.2) is 6.10 Å². The minimum atomic E-state index is -0.978. The Morgan fingerprint density at radius 2 is 1.96 bits per heavy atom. The number of nitrogens with zero attached hydrogens (tertiary/aromatic N) is 1. The van der Waals surface area contributed by atoms with Crippen LogP contribution < -0.4 is 10.2 Å². The van der Waals surface area contributed by atoms with Gasteiger partial charge in [-0.15, -0.1) is 11.3 Å². The van der Waals surface area contributed by atoms with Crippen LogP contribution in [0.1, 0.15) is 46.3 Å². The lowest BCUT2D eigenvalue weighted by Gasteiger charge is -2.30. The third-order valence-electron chi connectivity index (χ3n) is 5.12. The van der Waals surface area contributed by atoms with Crippen LogP contribution in [0.25, 0.3) is 0 Å². The minimum absolute atomic E-state index is 0.0922. The normalized spacial score (nSPS) is 17.0. The van der Waals surface area contributed by atoms with E-state index in [1.165, 1.54) is 33.1 Å². The Morgan fingerprint density at radius 1 is 1.18 bits per heavy atom. The Morgan fingerprint density at radius 3 is 2.82 bits per heavy atom. The molecule has 0 radical (unpaired) electrons. The maximum Gasteiger partial charge on any atom is 0.349 e. The van der Waals surface area contributed by atoms with Gasteiger partial charge in [-0.05, 0) is 56.4 Å². The second-order valence-corrected chi connectivity index (χ2v) is 8.29. The number of thiophene rings is 1. The SMILES string of the molecule is C[C@@H](OC(=O)c1cc2c(s1)CCCCC2)C(=O)N1CC(=O)Nc2ccccc21. The van der Waals surface area contributed by atoms with E-state index in [2.05, 4.69) is 5.32 Å². The molecule has 1 aromatic heterocycles. The van der Waals surface area contributed by atoms with Gasteiger partial charge in [0, 0.05) is 4.88 Å². The van der Waals surface area contributed by atoms with E-state index in [9.17, 15) is 14.4 Å². The van der Waals surface area contributed by atoms with Gasteiger partial charge in [-0.25, -0.2) is 4.79 Å². The van der Waals surface area contributed by atoms with Crippen LogP contribution in [0.5, 0.6) is 0 Å². The number of aryl methyl sites for hydroxylation is 2. The van der Waals surface area contributed by atoms with Gasteiger partial charge >= 0.3 is 5.97 Å². The molecule has 4 rings (SSSR count). The largest absolute Gasteiger partial charge is 0.448 e. The molecule has 0 unspecified atom stereocenters. The number of hydrogen-bond acceptors (Lipinski definition) is 5. The highest BCUT2D eigenvalue weighted by molar-refractivity contribution is 7.14. The van der Waals surface area contributed by atoms with Crippen LogP contribution in [0, 0.1) is 0 Å². The number of benzene rings is 1. The molecule has 1 aliphatic carbocycles. The molecule has 2 aliphatic rings. The molecule has 2 amide bonds. The van der Waals surface area contributed by atoms with Crippen molar-refractivity contribution in [3.63, 3.8) is 0 Å². The quantitative estimate of drug-likeness (QED) is 0.634. The van der Waals surface area contributed by atoms with Crippen molar-refractivity contribution in [3.05, 3.63) is 45.6 Å². The van der Waals surface area contributed by atoms with E-state index < -0.39 is 18.0 Å². The number of carbonyl (C=O) groups excluding carboxylic acids is 3. The molecule has 1 atom stereocenters. The number of hydrogen-bond donors (Lipinski definition) is 1. The molecule has 0 saturated heterocycles. The molecule has 6 nitrogen and oxygen atoms in total. The summed E-state index contributed by atoms with van der Waals surface area (Å²) in [4.78, 5) is 40.6. The fourth-order valence-electron chi connectivity index (χ4n) is 3.69. The summed E-state index contributed by atoms with van der Waals surface area (Å²) in [5, 5.41) is 2.74. The topological polar surface area (TPSA) is 75.7 Å². The molecule has 7 heteroatoms. The van der Waals surface area contributed by atoms with Gasteiger partial charge < -0.3 is 10.1 Å². The van der Waals surface area contributed by atoms with Gasteiger partial charge in [0.05, 0.1) is 11.4 Å². The first-order chi connectivity index (χ1) is 13.5. The van der Waals surface area contributed by atoms with Crippen LogP contribution in [0.15, 0.2) is 30.3 Å². The molecule has 1 N–H and O–H groups in total. The molecular formula is C21H22N2O4S. The molecule has 1 aliphatic heterocycles. The van der Waals surface area contributed by atoms with Gasteiger partial charge in [0.2, 0.25) is 5.91 Å². The first-order valence-electron chi connectivity index (χ1n) is 9.56. The van der Waals surface area contributed by atoms with Gasteiger partial charge in [-0.2, -0.15) is 0 Å². The van der Waals surface area contributed by atoms with Crippen LogP contribution in [-0.4, -0.2) is 30.4 Å². The van der Waals surface area contributed by atoms with E-state index in [-0.39, 0.29) is 12.5 Å². The first kappa shape index (κ1) is 18.7. The highest BCUT2D eigenvalue weighted by Gasteiger charge is 2.32. The predicted molar refractivity (Wildman–Crippen MR) is 108 cm³/mol. The summed E-state index contributed by atoms with van der Waals surface area (Å²) < 4.78 is 5.46. The van der Waals surface area contributed by atoms with Gasteiger partial charge in [0.25, 0.3) is 5.91 Å². The number of amides is 2. The highest BCUT2D eigenvalue weighted by Crippen LogP contribution is 2.31. The molecule has 0 bridgehead atoms. The standard InChI is InChI=1S/C21H22N2O4S/c1-13(20(25)23-12-19(24)22-15-8-5-6-9-16(15)23)27-21(26)18-11-14-7-3-2-4-10-17(14)28-18/h5-6,8-9,11,13H,2-4,7,10,12H2,1H3,(H,22,24)/t13-/m1/s1. The number of para-hydroxylation sites is 2. The lowest BCUT2D eigenvalue weighted by atomic mass is 10.1. The monoisotopic (exact) mass is 398 g/mol. The number of esters is 1. The zero-order chi connectivity index (χ0) is 19.7. The van der Waals surface area contributed by atoms with E-state index in [1.54, 1.807) is 31.2 Å². The number of ether oxygens (including phenoxy) is 1. The Bertz CT molecular complexity index is 913. The third kappa shape index (κ3) is 3.67. The van der Waals surface area contributed by atoms with Crippen LogP contribution in [-0.2, 0) is 27.2 Å². The van der Waals surface area contributed by atoms with Gasteiger partial charge in [-0.3, -0.25) is 14.5 Å². The number of nitrogens with one attached hydrogen (secondary N) is 1. The number of anilines is 2. The Kier molecular flexibility index (Phi) is 5.17. The molecule has 2 heterocycles. The van der Waals surface area contributed by atoms with Crippen LogP contribution >= 0.6 is 11.3 Å². The lowest BCUT2D eigenvalue weighted by molar-refractivity contribution is -0.128. The molecule has 2 aromatic rings. The number of carbonyl (C=O) groups is 3. The van der Waals surface area contributed by atoms with Crippen molar-refractivity contribution in [3.8, 4) is 0 Å². The van der Waals surface area contributed by atoms with E-state index in [0.717, 1.165) is 25.7 Å². The van der Waals surface area contributed by atoms with Crippen LogP contribution in [0.2, 0.25) is 0 Å². The molecule has 0 saturated carbocycles. The molecule has 0 fully saturated rings. The van der Waals surface area contributed by atoms with E-state index in [0.29, 0.717) is 16.3 Å². The molecule has 0 spiro atoms. The van der Waals surface area contributed by atoms with Crippen molar-refractivity contribution in [2.75, 3.05) is 16.8 Å². The van der Waals surface area contributed by atoms with Crippen LogP contribution in [0.4, 0.5) is 11.4 Å². The number of rotatable bonds is 3. The van der Waals surface area contributed by atoms with Gasteiger partial charge in [0.1, 0.15) is 11.4 Å². The lowest BCUT2D eigenvalue weighted by Crippen LogP contribution is -2.47. The van der Waals surface area contributed by atoms with E-state index in [4.69, 9.17) is 4.74 Å². The summed E-state index contributed by atoms with van der Waals surface area (Å²) in [6.07, 6.45) is 4.52. The predicted octanol–water partition coefficient (Wildman–Crippen LogP) is 3.55. The highest BCUT2D eigenvalue weighted by atomic mass is 32.1. The fourth-order valence-corrected chi connectivity index (χ4v) is 4.82. The van der Waals surface area contributed by atoms with Crippen LogP contribution in [0.3, 0.4) is 0 Å². The second kappa shape index (κ2) is 7.75. The summed E-state index contributed by atoms with van der Waals surface area (Å²) in [5.74, 6) is -1.16. The van der Waals surface area contributed by atoms with Crippen molar-refractivity contribution in [2.24, 2.45) is 0 Å². The second-order valence-electron chi connectivity index (χ2n) is 7.16. The van der Waals surface area contributed by atoms with E-state index >= 15 is 0 Å². The smallest absolute Gasteiger partial charge is 0.349 e. The Hall–Kier alpha value is -2.67. The molecule has 1 aromatic carbocycles. The summed E-state index contributed by atoms with van der Waals surface area (Å²) in [6, 6.07) is 9.00. The maximum atomic E-state index is 12.9. The summed E-state index contributed by atoms with van der Waals surface area (Å²) in [5.41, 5.74) is 2.42. The Labute approximate surface area is 167 Å². The maximum absolute atomic E-state index is 12.9. The average molecular weight is 398 g/mol. The minimum Gasteiger partial charge on any atom is -0.448 e. The first-order valence-corrected chi connectivity index (χ1v) is 10.4.